The fourth-order valence-corrected chi connectivity index (χ4v) is 2.00. The Labute approximate surface area is 132 Å². The van der Waals surface area contributed by atoms with E-state index < -0.39 is 11.9 Å². The van der Waals surface area contributed by atoms with Gasteiger partial charge in [0, 0.05) is 30.4 Å². The molecule has 0 aliphatic rings. The van der Waals surface area contributed by atoms with Gasteiger partial charge in [-0.1, -0.05) is 29.8 Å². The van der Waals surface area contributed by atoms with E-state index in [9.17, 15) is 13.6 Å². The third kappa shape index (κ3) is 3.74. The zero-order valence-corrected chi connectivity index (χ0v) is 12.8. The Morgan fingerprint density at radius 3 is 2.45 bits per heavy atom. The Hall–Kier alpha value is -2.14. The quantitative estimate of drug-likeness (QED) is 0.769. The number of ketones is 1. The maximum Gasteiger partial charge on any atom is 0.466 e. The van der Waals surface area contributed by atoms with Crippen LogP contribution in [0.15, 0.2) is 48.5 Å². The van der Waals surface area contributed by atoms with Crippen LogP contribution in [-0.4, -0.2) is 26.0 Å². The van der Waals surface area contributed by atoms with Crippen molar-refractivity contribution in [2.24, 2.45) is 0 Å². The van der Waals surface area contributed by atoms with Crippen LogP contribution >= 0.6 is 11.6 Å². The molecule has 0 saturated carbocycles. The second-order valence-electron chi connectivity index (χ2n) is 4.85. The number of Topliss-reactive ketones (excluding diaryl/α,β-unsaturated/α-hetero) is 1. The number of carbonyl (C=O) groups excluding carboxylic acids is 1. The Bertz CT molecular complexity index is 689. The zero-order valence-electron chi connectivity index (χ0n) is 12.0. The van der Waals surface area contributed by atoms with Gasteiger partial charge in [-0.05, 0) is 30.3 Å². The molecular formula is C16H14ClF2NO2. The van der Waals surface area contributed by atoms with Gasteiger partial charge >= 0.3 is 6.11 Å². The lowest BCUT2D eigenvalue weighted by Crippen LogP contribution is -2.35. The first-order valence-electron chi connectivity index (χ1n) is 6.44. The lowest BCUT2D eigenvalue weighted by Gasteiger charge is -2.18. The second-order valence-corrected chi connectivity index (χ2v) is 5.29. The summed E-state index contributed by atoms with van der Waals surface area (Å²) in [6.45, 7) is 0. The molecule has 3 nitrogen and oxygen atoms in total. The number of nitrogens with zero attached hydrogens (tertiary/aromatic N) is 1. The molecule has 0 atom stereocenters. The molecule has 0 aliphatic heterocycles. The Balaban J connectivity index is 2.25. The van der Waals surface area contributed by atoms with Gasteiger partial charge in [0.2, 0.25) is 0 Å². The highest BCUT2D eigenvalue weighted by molar-refractivity contribution is 6.30. The number of hydrogen-bond donors (Lipinski definition) is 0. The summed E-state index contributed by atoms with van der Waals surface area (Å²) in [7, 11) is 3.51. The van der Waals surface area contributed by atoms with E-state index in [1.807, 2.05) is 0 Å². The molecule has 0 aromatic heterocycles. The topological polar surface area (TPSA) is 29.5 Å². The van der Waals surface area contributed by atoms with E-state index in [0.717, 1.165) is 0 Å². The molecule has 0 fully saturated rings. The highest BCUT2D eigenvalue weighted by atomic mass is 35.5. The van der Waals surface area contributed by atoms with E-state index in [1.54, 1.807) is 25.1 Å². The van der Waals surface area contributed by atoms with Gasteiger partial charge in [0.15, 0.2) is 0 Å². The molecule has 116 valence electrons. The Kier molecular flexibility index (Phi) is 4.66. The number of hydrogen-bond acceptors (Lipinski definition) is 3. The SMILES string of the molecule is CN(C)c1cccc(C(=O)C(F)(F)Oc2cccc(Cl)c2)c1. The van der Waals surface area contributed by atoms with Crippen LogP contribution in [0.25, 0.3) is 0 Å². The van der Waals surface area contributed by atoms with Crippen LogP contribution in [0.3, 0.4) is 0 Å². The second kappa shape index (κ2) is 6.32. The third-order valence-corrected chi connectivity index (χ3v) is 3.17. The number of carbonyl (C=O) groups is 1. The lowest BCUT2D eigenvalue weighted by molar-refractivity contribution is -0.133. The summed E-state index contributed by atoms with van der Waals surface area (Å²) in [5, 5.41) is 0.246. The van der Waals surface area contributed by atoms with E-state index in [0.29, 0.717) is 5.69 Å². The summed E-state index contributed by atoms with van der Waals surface area (Å²) < 4.78 is 32.6. The van der Waals surface area contributed by atoms with E-state index in [1.165, 1.54) is 42.5 Å². The largest absolute Gasteiger partial charge is 0.466 e. The van der Waals surface area contributed by atoms with Gasteiger partial charge in [-0.15, -0.1) is 0 Å². The van der Waals surface area contributed by atoms with Crippen LogP contribution < -0.4 is 9.64 Å². The summed E-state index contributed by atoms with van der Waals surface area (Å²) in [6.07, 6.45) is -3.98. The predicted molar refractivity (Wildman–Crippen MR) is 82.1 cm³/mol. The number of alkyl halides is 2. The normalized spacial score (nSPS) is 11.1. The molecular weight excluding hydrogens is 312 g/mol. The van der Waals surface area contributed by atoms with Gasteiger partial charge < -0.3 is 9.64 Å². The molecule has 0 unspecified atom stereocenters. The van der Waals surface area contributed by atoms with E-state index in [-0.39, 0.29) is 16.3 Å². The Morgan fingerprint density at radius 2 is 1.82 bits per heavy atom. The first kappa shape index (κ1) is 16.2. The van der Waals surface area contributed by atoms with Gasteiger partial charge in [-0.25, -0.2) is 0 Å². The van der Waals surface area contributed by atoms with Crippen LogP contribution in [0.5, 0.6) is 5.75 Å². The molecule has 0 aliphatic carbocycles. The molecule has 2 rings (SSSR count). The number of rotatable bonds is 5. The standard InChI is InChI=1S/C16H14ClF2NO2/c1-20(2)13-7-3-5-11(9-13)15(21)16(18,19)22-14-8-4-6-12(17)10-14/h3-10H,1-2H3. The van der Waals surface area contributed by atoms with Crippen molar-refractivity contribution in [3.05, 3.63) is 59.1 Å². The number of benzene rings is 2. The van der Waals surface area contributed by atoms with Gasteiger partial charge in [0.05, 0.1) is 0 Å². The molecule has 6 heteroatoms. The Morgan fingerprint density at radius 1 is 1.14 bits per heavy atom. The summed E-state index contributed by atoms with van der Waals surface area (Å²) >= 11 is 5.71. The highest BCUT2D eigenvalue weighted by Crippen LogP contribution is 2.28. The summed E-state index contributed by atoms with van der Waals surface area (Å²) in [5.41, 5.74) is 0.516. The molecule has 0 N–H and O–H groups in total. The lowest BCUT2D eigenvalue weighted by atomic mass is 10.1. The van der Waals surface area contributed by atoms with Gasteiger partial charge in [-0.3, -0.25) is 4.79 Å². The van der Waals surface area contributed by atoms with Crippen molar-refractivity contribution in [3.63, 3.8) is 0 Å². The average molecular weight is 326 g/mol. The van der Waals surface area contributed by atoms with E-state index >= 15 is 0 Å². The summed E-state index contributed by atoms with van der Waals surface area (Å²) in [6, 6.07) is 11.5. The van der Waals surface area contributed by atoms with Crippen molar-refractivity contribution in [1.29, 1.82) is 0 Å². The van der Waals surface area contributed by atoms with Crippen LogP contribution in [-0.2, 0) is 0 Å². The molecule has 0 heterocycles. The summed E-state index contributed by atoms with van der Waals surface area (Å²) in [4.78, 5) is 13.7. The smallest absolute Gasteiger partial charge is 0.426 e. The maximum atomic E-state index is 14.0. The maximum absolute atomic E-state index is 14.0. The first-order chi connectivity index (χ1) is 10.3. The number of halogens is 3. The average Bonchev–Trinajstić information content (AvgIpc) is 2.46. The fraction of sp³-hybridized carbons (Fsp3) is 0.188. The van der Waals surface area contributed by atoms with Crippen molar-refractivity contribution < 1.29 is 18.3 Å². The van der Waals surface area contributed by atoms with Crippen molar-refractivity contribution in [1.82, 2.24) is 0 Å². The van der Waals surface area contributed by atoms with Crippen molar-refractivity contribution in [3.8, 4) is 5.75 Å². The minimum Gasteiger partial charge on any atom is -0.426 e. The minimum atomic E-state index is -3.98. The molecule has 2 aromatic carbocycles. The van der Waals surface area contributed by atoms with Crippen LogP contribution in [0.1, 0.15) is 10.4 Å². The molecule has 0 amide bonds. The van der Waals surface area contributed by atoms with Crippen molar-refractivity contribution >= 4 is 23.1 Å². The molecule has 0 bridgehead atoms. The zero-order chi connectivity index (χ0) is 16.3. The first-order valence-corrected chi connectivity index (χ1v) is 6.82. The third-order valence-electron chi connectivity index (χ3n) is 2.93. The van der Waals surface area contributed by atoms with Crippen LogP contribution in [0.4, 0.5) is 14.5 Å². The van der Waals surface area contributed by atoms with Crippen molar-refractivity contribution in [2.75, 3.05) is 19.0 Å². The van der Waals surface area contributed by atoms with E-state index in [4.69, 9.17) is 11.6 Å². The molecule has 0 radical (unpaired) electrons. The van der Waals surface area contributed by atoms with Gasteiger partial charge in [0.25, 0.3) is 5.78 Å². The summed E-state index contributed by atoms with van der Waals surface area (Å²) in [5.74, 6) is -1.58. The minimum absolute atomic E-state index is 0.127. The fourth-order valence-electron chi connectivity index (χ4n) is 1.82. The molecule has 0 spiro atoms. The van der Waals surface area contributed by atoms with E-state index in [2.05, 4.69) is 4.74 Å². The monoisotopic (exact) mass is 325 g/mol. The van der Waals surface area contributed by atoms with Crippen LogP contribution in [0.2, 0.25) is 5.02 Å². The van der Waals surface area contributed by atoms with Gasteiger partial charge in [-0.2, -0.15) is 8.78 Å². The van der Waals surface area contributed by atoms with Gasteiger partial charge in [0.1, 0.15) is 5.75 Å². The number of anilines is 1. The molecule has 22 heavy (non-hydrogen) atoms. The highest BCUT2D eigenvalue weighted by Gasteiger charge is 2.42. The molecule has 0 saturated heterocycles. The number of ether oxygens (including phenoxy) is 1. The molecule has 2 aromatic rings. The van der Waals surface area contributed by atoms with Crippen LogP contribution in [0, 0.1) is 0 Å². The predicted octanol–water partition coefficient (Wildman–Crippen LogP) is 4.26. The van der Waals surface area contributed by atoms with Crippen molar-refractivity contribution in [2.45, 2.75) is 6.11 Å².